The van der Waals surface area contributed by atoms with Gasteiger partial charge < -0.3 is 15.2 Å². The number of alkyl carbamates (subject to hydrolysis) is 1. The van der Waals surface area contributed by atoms with Crippen LogP contribution in [0.5, 0.6) is 0 Å². The van der Waals surface area contributed by atoms with Crippen molar-refractivity contribution in [3.05, 3.63) is 0 Å². The van der Waals surface area contributed by atoms with Crippen molar-refractivity contribution in [2.45, 2.75) is 51.4 Å². The lowest BCUT2D eigenvalue weighted by atomic mass is 9.97. The first-order valence-electron chi connectivity index (χ1n) is 5.06. The predicted molar refractivity (Wildman–Crippen MR) is 56.1 cm³/mol. The topological polar surface area (TPSA) is 75.6 Å². The molecule has 0 aromatic carbocycles. The van der Waals surface area contributed by atoms with E-state index in [0.29, 0.717) is 6.92 Å². The van der Waals surface area contributed by atoms with Gasteiger partial charge in [-0.15, -0.1) is 0 Å². The van der Waals surface area contributed by atoms with Crippen LogP contribution in [0, 0.1) is 0 Å². The lowest BCUT2D eigenvalue weighted by Crippen LogP contribution is -2.58. The van der Waals surface area contributed by atoms with Crippen molar-refractivity contribution in [2.24, 2.45) is 0 Å². The van der Waals surface area contributed by atoms with Gasteiger partial charge in [-0.05, 0) is 27.7 Å². The molecule has 0 rings (SSSR count). The van der Waals surface area contributed by atoms with Gasteiger partial charge in [-0.1, -0.05) is 0 Å². The van der Waals surface area contributed by atoms with E-state index < -0.39 is 35.8 Å². The van der Waals surface area contributed by atoms with Crippen LogP contribution in [0.25, 0.3) is 0 Å². The molecule has 1 unspecified atom stereocenters. The molecule has 0 fully saturated rings. The molecule has 0 spiro atoms. The van der Waals surface area contributed by atoms with Crippen LogP contribution in [-0.2, 0) is 9.53 Å². The molecule has 106 valence electrons. The second-order valence-corrected chi connectivity index (χ2v) is 5.03. The van der Waals surface area contributed by atoms with Crippen LogP contribution in [0.3, 0.4) is 0 Å². The monoisotopic (exact) mass is 271 g/mol. The molecule has 0 aliphatic rings. The highest BCUT2D eigenvalue weighted by molar-refractivity contribution is 5.73. The minimum absolute atomic E-state index is 0.588. The normalized spacial score (nSPS) is 15.7. The zero-order valence-electron chi connectivity index (χ0n) is 10.5. The van der Waals surface area contributed by atoms with Crippen LogP contribution >= 0.6 is 0 Å². The molecule has 0 aliphatic heterocycles. The van der Waals surface area contributed by atoms with Gasteiger partial charge in [0.15, 0.2) is 0 Å². The number of carboxylic acid groups (broad SMARTS) is 1. The number of hydrogen-bond donors (Lipinski definition) is 2. The molecule has 5 nitrogen and oxygen atoms in total. The Bertz CT molecular complexity index is 335. The summed E-state index contributed by atoms with van der Waals surface area (Å²) in [6.45, 7) is 5.03. The van der Waals surface area contributed by atoms with Crippen LogP contribution < -0.4 is 5.32 Å². The van der Waals surface area contributed by atoms with Gasteiger partial charge in [0.1, 0.15) is 11.1 Å². The highest BCUT2D eigenvalue weighted by Crippen LogP contribution is 2.33. The maximum Gasteiger partial charge on any atom is 0.411 e. The predicted octanol–water partition coefficient (Wildman–Crippen LogP) is 2.31. The van der Waals surface area contributed by atoms with Crippen molar-refractivity contribution in [3.8, 4) is 0 Å². The largest absolute Gasteiger partial charge is 0.481 e. The maximum absolute atomic E-state index is 12.7. The molecule has 0 aliphatic carbocycles. The molecule has 0 bridgehead atoms. The molecule has 8 heteroatoms. The average molecular weight is 271 g/mol. The van der Waals surface area contributed by atoms with E-state index in [1.54, 1.807) is 5.32 Å². The molecular weight excluding hydrogens is 255 g/mol. The van der Waals surface area contributed by atoms with Crippen LogP contribution in [0.15, 0.2) is 0 Å². The highest BCUT2D eigenvalue weighted by Gasteiger charge is 2.54. The number of rotatable bonds is 3. The Morgan fingerprint density at radius 2 is 1.61 bits per heavy atom. The van der Waals surface area contributed by atoms with E-state index in [-0.39, 0.29) is 0 Å². The second kappa shape index (κ2) is 5.03. The number of halogens is 3. The zero-order valence-corrected chi connectivity index (χ0v) is 10.5. The smallest absolute Gasteiger partial charge is 0.411 e. The molecule has 1 amide bonds. The average Bonchev–Trinajstić information content (AvgIpc) is 1.94. The Kier molecular flexibility index (Phi) is 4.62. The number of aliphatic carboxylic acids is 1. The van der Waals surface area contributed by atoms with E-state index >= 15 is 0 Å². The molecule has 0 aromatic rings. The van der Waals surface area contributed by atoms with Gasteiger partial charge in [0.05, 0.1) is 6.42 Å². The van der Waals surface area contributed by atoms with E-state index in [1.165, 1.54) is 20.8 Å². The summed E-state index contributed by atoms with van der Waals surface area (Å²) in [5.41, 5.74) is -3.85. The lowest BCUT2D eigenvalue weighted by molar-refractivity contribution is -0.196. The highest BCUT2D eigenvalue weighted by atomic mass is 19.4. The Hall–Kier alpha value is -1.47. The third-order valence-electron chi connectivity index (χ3n) is 1.91. The number of ether oxygens (including phenoxy) is 1. The van der Waals surface area contributed by atoms with E-state index in [0.717, 1.165) is 0 Å². The molecular formula is C10H16F3NO4. The molecule has 0 radical (unpaired) electrons. The Balaban J connectivity index is 4.93. The van der Waals surface area contributed by atoms with Gasteiger partial charge in [-0.2, -0.15) is 13.2 Å². The summed E-state index contributed by atoms with van der Waals surface area (Å²) in [5, 5.41) is 10.0. The number of amides is 1. The van der Waals surface area contributed by atoms with Crippen molar-refractivity contribution in [1.29, 1.82) is 0 Å². The second-order valence-electron chi connectivity index (χ2n) is 5.03. The molecule has 0 aromatic heterocycles. The first-order chi connectivity index (χ1) is 7.77. The first kappa shape index (κ1) is 16.5. The number of alkyl halides is 3. The molecule has 0 heterocycles. The van der Waals surface area contributed by atoms with Gasteiger partial charge in [0, 0.05) is 0 Å². The minimum atomic E-state index is -4.90. The third kappa shape index (κ3) is 5.24. The summed E-state index contributed by atoms with van der Waals surface area (Å²) in [4.78, 5) is 21.7. The van der Waals surface area contributed by atoms with Gasteiger partial charge >= 0.3 is 18.2 Å². The van der Waals surface area contributed by atoms with Gasteiger partial charge in [-0.3, -0.25) is 4.79 Å². The Morgan fingerprint density at radius 1 is 1.17 bits per heavy atom. The van der Waals surface area contributed by atoms with E-state index in [1.807, 2.05) is 0 Å². The van der Waals surface area contributed by atoms with Crippen LogP contribution in [-0.4, -0.2) is 34.5 Å². The number of carbonyl (C=O) groups is 2. The molecule has 18 heavy (non-hydrogen) atoms. The fourth-order valence-corrected chi connectivity index (χ4v) is 1.05. The quantitative estimate of drug-likeness (QED) is 0.825. The van der Waals surface area contributed by atoms with Crippen molar-refractivity contribution < 1.29 is 32.6 Å². The van der Waals surface area contributed by atoms with Crippen molar-refractivity contribution >= 4 is 12.1 Å². The summed E-state index contributed by atoms with van der Waals surface area (Å²) >= 11 is 0. The number of nitrogens with one attached hydrogen (secondary N) is 1. The Morgan fingerprint density at radius 3 is 1.89 bits per heavy atom. The van der Waals surface area contributed by atoms with Crippen molar-refractivity contribution in [1.82, 2.24) is 5.32 Å². The lowest BCUT2D eigenvalue weighted by Gasteiger charge is -2.32. The van der Waals surface area contributed by atoms with Crippen LogP contribution in [0.1, 0.15) is 34.1 Å². The summed E-state index contributed by atoms with van der Waals surface area (Å²) in [7, 11) is 0. The van der Waals surface area contributed by atoms with Gasteiger partial charge in [0.2, 0.25) is 0 Å². The summed E-state index contributed by atoms with van der Waals surface area (Å²) < 4.78 is 42.8. The molecule has 2 N–H and O–H groups in total. The Labute approximate surface area is 102 Å². The molecule has 1 atom stereocenters. The van der Waals surface area contributed by atoms with Crippen LogP contribution in [0.4, 0.5) is 18.0 Å². The van der Waals surface area contributed by atoms with Crippen molar-refractivity contribution in [3.63, 3.8) is 0 Å². The number of carboxylic acids is 1. The maximum atomic E-state index is 12.7. The molecule has 0 saturated carbocycles. The van der Waals surface area contributed by atoms with Gasteiger partial charge in [-0.25, -0.2) is 4.79 Å². The summed E-state index contributed by atoms with van der Waals surface area (Å²) in [5.74, 6) is -1.68. The van der Waals surface area contributed by atoms with E-state index in [4.69, 9.17) is 5.11 Å². The van der Waals surface area contributed by atoms with Crippen LogP contribution in [0.2, 0.25) is 0 Å². The van der Waals surface area contributed by atoms with E-state index in [2.05, 4.69) is 4.74 Å². The summed E-state index contributed by atoms with van der Waals surface area (Å²) in [6.07, 6.45) is -7.50. The number of hydrogen-bond acceptors (Lipinski definition) is 3. The first-order valence-corrected chi connectivity index (χ1v) is 5.06. The van der Waals surface area contributed by atoms with Gasteiger partial charge in [0.25, 0.3) is 0 Å². The molecule has 0 saturated heterocycles. The summed E-state index contributed by atoms with van der Waals surface area (Å²) in [6, 6.07) is 0. The zero-order chi connectivity index (χ0) is 14.8. The van der Waals surface area contributed by atoms with Crippen molar-refractivity contribution in [2.75, 3.05) is 0 Å². The minimum Gasteiger partial charge on any atom is -0.481 e. The van der Waals surface area contributed by atoms with E-state index in [9.17, 15) is 22.8 Å². The fraction of sp³-hybridized carbons (Fsp3) is 0.800. The fourth-order valence-electron chi connectivity index (χ4n) is 1.05. The number of carbonyl (C=O) groups excluding carboxylic acids is 1. The standard InChI is InChI=1S/C10H16F3NO4/c1-8(2,3)18-7(17)14-9(4,5-6(15)16)10(11,12)13/h5H2,1-4H3,(H,14,17)(H,15,16). The SMILES string of the molecule is CC(C)(C)OC(=O)NC(C)(CC(=O)O)C(F)(F)F. The third-order valence-corrected chi connectivity index (χ3v) is 1.91.